The van der Waals surface area contributed by atoms with E-state index in [1.807, 2.05) is 0 Å². The number of rotatable bonds is 3. The van der Waals surface area contributed by atoms with Crippen LogP contribution in [0, 0.1) is 0 Å². The van der Waals surface area contributed by atoms with E-state index in [2.05, 4.69) is 10.6 Å². The molecule has 80 valence electrons. The number of hydrogen-bond donors (Lipinski definition) is 3. The molecule has 0 spiro atoms. The van der Waals surface area contributed by atoms with Gasteiger partial charge in [-0.25, -0.2) is 4.79 Å². The van der Waals surface area contributed by atoms with Crippen molar-refractivity contribution in [2.75, 3.05) is 10.6 Å². The van der Waals surface area contributed by atoms with E-state index < -0.39 is 6.03 Å². The van der Waals surface area contributed by atoms with Crippen LogP contribution >= 0.6 is 0 Å². The summed E-state index contributed by atoms with van der Waals surface area (Å²) in [7, 11) is 0. The van der Waals surface area contributed by atoms with Gasteiger partial charge in [-0.2, -0.15) is 0 Å². The van der Waals surface area contributed by atoms with Crippen LogP contribution in [0.3, 0.4) is 0 Å². The van der Waals surface area contributed by atoms with Crippen molar-refractivity contribution in [2.45, 2.75) is 13.3 Å². The zero-order valence-electron chi connectivity index (χ0n) is 8.41. The molecule has 0 aromatic heterocycles. The molecule has 0 heterocycles. The van der Waals surface area contributed by atoms with Crippen LogP contribution in [-0.4, -0.2) is 11.9 Å². The number of hydrogen-bond acceptors (Lipinski definition) is 2. The number of carbonyl (C=O) groups excluding carboxylic acids is 2. The molecule has 1 aromatic rings. The SMILES string of the molecule is CCC(=O)Nc1ccc(NC(N)=O)cc1. The second-order valence-corrected chi connectivity index (χ2v) is 2.97. The average Bonchev–Trinajstić information content (AvgIpc) is 2.20. The van der Waals surface area contributed by atoms with Crippen molar-refractivity contribution < 1.29 is 9.59 Å². The number of nitrogens with two attached hydrogens (primary N) is 1. The molecular formula is C10H13N3O2. The van der Waals surface area contributed by atoms with Crippen molar-refractivity contribution in [3.8, 4) is 0 Å². The molecule has 5 heteroatoms. The van der Waals surface area contributed by atoms with Crippen molar-refractivity contribution in [1.82, 2.24) is 0 Å². The van der Waals surface area contributed by atoms with Gasteiger partial charge in [0.25, 0.3) is 0 Å². The van der Waals surface area contributed by atoms with E-state index in [9.17, 15) is 9.59 Å². The van der Waals surface area contributed by atoms with Crippen molar-refractivity contribution in [3.63, 3.8) is 0 Å². The van der Waals surface area contributed by atoms with E-state index in [-0.39, 0.29) is 5.91 Å². The molecule has 3 amide bonds. The summed E-state index contributed by atoms with van der Waals surface area (Å²) in [4.78, 5) is 21.6. The molecule has 0 unspecified atom stereocenters. The van der Waals surface area contributed by atoms with E-state index in [0.29, 0.717) is 17.8 Å². The van der Waals surface area contributed by atoms with Crippen LogP contribution < -0.4 is 16.4 Å². The van der Waals surface area contributed by atoms with Crippen LogP contribution in [0.5, 0.6) is 0 Å². The highest BCUT2D eigenvalue weighted by atomic mass is 16.2. The molecule has 0 fully saturated rings. The molecule has 4 N–H and O–H groups in total. The molecule has 0 radical (unpaired) electrons. The third-order valence-electron chi connectivity index (χ3n) is 1.76. The molecule has 0 saturated carbocycles. The number of urea groups is 1. The first-order valence-electron chi connectivity index (χ1n) is 4.58. The highest BCUT2D eigenvalue weighted by Crippen LogP contribution is 2.13. The fraction of sp³-hybridized carbons (Fsp3) is 0.200. The summed E-state index contributed by atoms with van der Waals surface area (Å²) < 4.78 is 0. The van der Waals surface area contributed by atoms with Crippen LogP contribution in [-0.2, 0) is 4.79 Å². The fourth-order valence-electron chi connectivity index (χ4n) is 1.03. The molecule has 5 nitrogen and oxygen atoms in total. The average molecular weight is 207 g/mol. The molecule has 0 saturated heterocycles. The van der Waals surface area contributed by atoms with E-state index in [4.69, 9.17) is 5.73 Å². The van der Waals surface area contributed by atoms with Crippen molar-refractivity contribution >= 4 is 23.3 Å². The van der Waals surface area contributed by atoms with Gasteiger partial charge < -0.3 is 16.4 Å². The number of carbonyl (C=O) groups is 2. The third kappa shape index (κ3) is 3.68. The first-order chi connectivity index (χ1) is 7.11. The van der Waals surface area contributed by atoms with Gasteiger partial charge in [0.2, 0.25) is 5.91 Å². The minimum Gasteiger partial charge on any atom is -0.351 e. The van der Waals surface area contributed by atoms with Crippen molar-refractivity contribution in [2.24, 2.45) is 5.73 Å². The van der Waals surface area contributed by atoms with Gasteiger partial charge in [0.1, 0.15) is 0 Å². The molecule has 15 heavy (non-hydrogen) atoms. The van der Waals surface area contributed by atoms with E-state index in [1.54, 1.807) is 31.2 Å². The molecule has 0 aliphatic heterocycles. The fourth-order valence-corrected chi connectivity index (χ4v) is 1.03. The lowest BCUT2D eigenvalue weighted by Gasteiger charge is -2.05. The minimum atomic E-state index is -0.611. The highest BCUT2D eigenvalue weighted by molar-refractivity contribution is 5.91. The Hall–Kier alpha value is -2.04. The second-order valence-electron chi connectivity index (χ2n) is 2.97. The smallest absolute Gasteiger partial charge is 0.316 e. The van der Waals surface area contributed by atoms with Crippen LogP contribution in [0.2, 0.25) is 0 Å². The third-order valence-corrected chi connectivity index (χ3v) is 1.76. The van der Waals surface area contributed by atoms with Gasteiger partial charge in [-0.05, 0) is 24.3 Å². The van der Waals surface area contributed by atoms with Crippen molar-refractivity contribution in [1.29, 1.82) is 0 Å². The number of benzene rings is 1. The van der Waals surface area contributed by atoms with Gasteiger partial charge in [0.05, 0.1) is 0 Å². The Labute approximate surface area is 87.7 Å². The maximum atomic E-state index is 11.0. The largest absolute Gasteiger partial charge is 0.351 e. The van der Waals surface area contributed by atoms with E-state index in [0.717, 1.165) is 0 Å². The standard InChI is InChI=1S/C10H13N3O2/c1-2-9(14)12-7-3-5-8(6-4-7)13-10(11)15/h3-6H,2H2,1H3,(H,12,14)(H3,11,13,15). The summed E-state index contributed by atoms with van der Waals surface area (Å²) in [6, 6.07) is 6.10. The lowest BCUT2D eigenvalue weighted by Crippen LogP contribution is -2.19. The van der Waals surface area contributed by atoms with Crippen LogP contribution in [0.15, 0.2) is 24.3 Å². The Kier molecular flexibility index (Phi) is 3.68. The first-order valence-corrected chi connectivity index (χ1v) is 4.58. The molecule has 0 aliphatic carbocycles. The molecule has 0 atom stereocenters. The Morgan fingerprint density at radius 1 is 1.13 bits per heavy atom. The molecular weight excluding hydrogens is 194 g/mol. The molecule has 0 bridgehead atoms. The minimum absolute atomic E-state index is 0.0504. The van der Waals surface area contributed by atoms with E-state index in [1.165, 1.54) is 0 Å². The predicted molar refractivity (Wildman–Crippen MR) is 58.6 cm³/mol. The van der Waals surface area contributed by atoms with Gasteiger partial charge in [-0.15, -0.1) is 0 Å². The van der Waals surface area contributed by atoms with E-state index >= 15 is 0 Å². The molecule has 0 aliphatic rings. The Bertz CT molecular complexity index is 359. The van der Waals surface area contributed by atoms with Crippen molar-refractivity contribution in [3.05, 3.63) is 24.3 Å². The lowest BCUT2D eigenvalue weighted by atomic mass is 10.2. The number of amides is 3. The van der Waals surface area contributed by atoms with Gasteiger partial charge in [0.15, 0.2) is 0 Å². The van der Waals surface area contributed by atoms with Gasteiger partial charge in [-0.3, -0.25) is 4.79 Å². The van der Waals surface area contributed by atoms with Gasteiger partial charge >= 0.3 is 6.03 Å². The highest BCUT2D eigenvalue weighted by Gasteiger charge is 1.99. The quantitative estimate of drug-likeness (QED) is 0.702. The first kappa shape index (κ1) is 11.0. The van der Waals surface area contributed by atoms with Gasteiger partial charge in [-0.1, -0.05) is 6.92 Å². The zero-order valence-corrected chi connectivity index (χ0v) is 8.41. The monoisotopic (exact) mass is 207 g/mol. The molecule has 1 rings (SSSR count). The summed E-state index contributed by atoms with van der Waals surface area (Å²) in [6.07, 6.45) is 0.432. The topological polar surface area (TPSA) is 84.2 Å². The summed E-state index contributed by atoms with van der Waals surface area (Å²) in [5.41, 5.74) is 6.23. The Balaban J connectivity index is 2.64. The van der Waals surface area contributed by atoms with Crippen LogP contribution in [0.4, 0.5) is 16.2 Å². The predicted octanol–water partition coefficient (Wildman–Crippen LogP) is 1.53. The number of nitrogens with one attached hydrogen (secondary N) is 2. The van der Waals surface area contributed by atoms with Gasteiger partial charge in [0, 0.05) is 17.8 Å². The number of primary amides is 1. The Morgan fingerprint density at radius 3 is 2.00 bits per heavy atom. The van der Waals surface area contributed by atoms with Crippen LogP contribution in [0.25, 0.3) is 0 Å². The summed E-state index contributed by atoms with van der Waals surface area (Å²) in [6.45, 7) is 1.78. The maximum Gasteiger partial charge on any atom is 0.316 e. The lowest BCUT2D eigenvalue weighted by molar-refractivity contribution is -0.115. The summed E-state index contributed by atoms with van der Waals surface area (Å²) in [5.74, 6) is -0.0504. The summed E-state index contributed by atoms with van der Waals surface area (Å²) in [5, 5.41) is 5.11. The maximum absolute atomic E-state index is 11.0. The summed E-state index contributed by atoms with van der Waals surface area (Å²) >= 11 is 0. The normalized spacial score (nSPS) is 9.40. The zero-order chi connectivity index (χ0) is 11.3. The molecule has 1 aromatic carbocycles. The second kappa shape index (κ2) is 4.99. The Morgan fingerprint density at radius 2 is 1.60 bits per heavy atom. The number of anilines is 2. The van der Waals surface area contributed by atoms with Crippen LogP contribution in [0.1, 0.15) is 13.3 Å².